The fourth-order valence-corrected chi connectivity index (χ4v) is 5.61. The fraction of sp³-hybridized carbons (Fsp3) is 0.103. The first kappa shape index (κ1) is 22.9. The van der Waals surface area contributed by atoms with Crippen molar-refractivity contribution in [3.05, 3.63) is 123 Å². The van der Waals surface area contributed by atoms with Crippen LogP contribution in [0.4, 0.5) is 0 Å². The second-order valence-electron chi connectivity index (χ2n) is 8.86. The van der Waals surface area contributed by atoms with Gasteiger partial charge in [-0.15, -0.1) is 11.3 Å². The van der Waals surface area contributed by atoms with Gasteiger partial charge in [-0.3, -0.25) is 19.3 Å². The lowest BCUT2D eigenvalue weighted by Crippen LogP contribution is -2.40. The van der Waals surface area contributed by atoms with Crippen LogP contribution in [0.1, 0.15) is 53.1 Å². The molecule has 182 valence electrons. The van der Waals surface area contributed by atoms with Gasteiger partial charge in [-0.2, -0.15) is 0 Å². The Balaban J connectivity index is 1.27. The van der Waals surface area contributed by atoms with E-state index in [4.69, 9.17) is 0 Å². The van der Waals surface area contributed by atoms with Crippen molar-refractivity contribution in [2.24, 2.45) is 0 Å². The number of benzene rings is 2. The molecule has 8 heteroatoms. The first-order valence-corrected chi connectivity index (χ1v) is 12.8. The molecular formula is C29H22N4O3S. The molecule has 0 fully saturated rings. The molecule has 3 aromatic heterocycles. The van der Waals surface area contributed by atoms with Gasteiger partial charge in [0.05, 0.1) is 28.6 Å². The zero-order valence-corrected chi connectivity index (χ0v) is 20.5. The van der Waals surface area contributed by atoms with E-state index in [-0.39, 0.29) is 24.3 Å². The van der Waals surface area contributed by atoms with Crippen molar-refractivity contribution in [1.82, 2.24) is 20.2 Å². The third-order valence-electron chi connectivity index (χ3n) is 6.63. The van der Waals surface area contributed by atoms with E-state index in [0.717, 1.165) is 27.7 Å². The van der Waals surface area contributed by atoms with Gasteiger partial charge in [-0.1, -0.05) is 42.5 Å². The fourth-order valence-electron chi connectivity index (χ4n) is 4.78. The van der Waals surface area contributed by atoms with Crippen LogP contribution in [0.15, 0.2) is 90.6 Å². The highest BCUT2D eigenvalue weighted by atomic mass is 32.1. The number of hydrogen-bond donors (Lipinski definition) is 2. The van der Waals surface area contributed by atoms with Gasteiger partial charge >= 0.3 is 0 Å². The maximum Gasteiger partial charge on any atom is 0.262 e. The largest absolute Gasteiger partial charge is 0.346 e. The van der Waals surface area contributed by atoms with E-state index in [1.54, 1.807) is 30.5 Å². The highest BCUT2D eigenvalue weighted by Crippen LogP contribution is 2.28. The topological polar surface area (TPSA) is 95.2 Å². The van der Waals surface area contributed by atoms with Crippen LogP contribution in [0.2, 0.25) is 0 Å². The van der Waals surface area contributed by atoms with Crippen LogP contribution < -0.4 is 5.32 Å². The van der Waals surface area contributed by atoms with Crippen LogP contribution in [0, 0.1) is 0 Å². The number of carbonyl (C=O) groups excluding carboxylic acids is 3. The van der Waals surface area contributed by atoms with Gasteiger partial charge in [-0.05, 0) is 58.8 Å². The Morgan fingerprint density at radius 3 is 2.41 bits per heavy atom. The van der Waals surface area contributed by atoms with E-state index >= 15 is 0 Å². The number of imide groups is 1. The number of thiophene rings is 1. The summed E-state index contributed by atoms with van der Waals surface area (Å²) in [7, 11) is 0. The van der Waals surface area contributed by atoms with Crippen LogP contribution in [-0.4, -0.2) is 39.1 Å². The van der Waals surface area contributed by atoms with Gasteiger partial charge in [0.2, 0.25) is 0 Å². The van der Waals surface area contributed by atoms with Crippen molar-refractivity contribution in [1.29, 1.82) is 0 Å². The van der Waals surface area contributed by atoms with E-state index < -0.39 is 6.04 Å². The first-order chi connectivity index (χ1) is 18.1. The Hall–Kier alpha value is -4.56. The van der Waals surface area contributed by atoms with E-state index in [1.807, 2.05) is 60.1 Å². The summed E-state index contributed by atoms with van der Waals surface area (Å²) in [5.74, 6) is -0.934. The summed E-state index contributed by atoms with van der Waals surface area (Å²) in [6.45, 7) is 0.0388. The highest BCUT2D eigenvalue weighted by molar-refractivity contribution is 7.12. The summed E-state index contributed by atoms with van der Waals surface area (Å²) in [4.78, 5) is 48.9. The second-order valence-corrected chi connectivity index (χ2v) is 9.78. The first-order valence-electron chi connectivity index (χ1n) is 11.9. The Labute approximate surface area is 216 Å². The molecule has 0 spiro atoms. The van der Waals surface area contributed by atoms with Gasteiger partial charge in [0, 0.05) is 17.8 Å². The third-order valence-corrected chi connectivity index (χ3v) is 7.59. The maximum absolute atomic E-state index is 13.6. The molecule has 0 aliphatic carbocycles. The maximum atomic E-state index is 13.6. The summed E-state index contributed by atoms with van der Waals surface area (Å²) in [6, 6.07) is 21.5. The number of carbonyl (C=O) groups is 3. The quantitative estimate of drug-likeness (QED) is 0.304. The average molecular weight is 507 g/mol. The summed E-state index contributed by atoms with van der Waals surface area (Å²) >= 11 is 1.37. The number of nitrogens with zero attached hydrogens (tertiary/aromatic N) is 2. The number of nitrogens with one attached hydrogen (secondary N) is 2. The van der Waals surface area contributed by atoms with Crippen LogP contribution in [-0.2, 0) is 6.42 Å². The molecule has 7 nitrogen and oxygen atoms in total. The summed E-state index contributed by atoms with van der Waals surface area (Å²) in [6.07, 6.45) is 4.19. The highest BCUT2D eigenvalue weighted by Gasteiger charge is 2.37. The lowest BCUT2D eigenvalue weighted by molar-refractivity contribution is 0.0629. The summed E-state index contributed by atoms with van der Waals surface area (Å²) in [5, 5.41) is 6.02. The molecule has 6 rings (SSSR count). The number of aromatic nitrogens is 2. The smallest absolute Gasteiger partial charge is 0.262 e. The Bertz CT molecular complexity index is 1600. The third kappa shape index (κ3) is 4.21. The molecule has 0 radical (unpaired) electrons. The minimum atomic E-state index is -0.567. The zero-order chi connectivity index (χ0) is 25.4. The molecular weight excluding hydrogens is 484 g/mol. The number of rotatable bonds is 7. The average Bonchev–Trinajstić information content (AvgIpc) is 3.65. The summed E-state index contributed by atoms with van der Waals surface area (Å²) < 4.78 is 0. The monoisotopic (exact) mass is 506 g/mol. The molecule has 37 heavy (non-hydrogen) atoms. The van der Waals surface area contributed by atoms with Gasteiger partial charge in [0.1, 0.15) is 5.65 Å². The zero-order valence-electron chi connectivity index (χ0n) is 19.7. The number of fused-ring (bicyclic) bond motifs is 2. The normalized spacial score (nSPS) is 13.7. The number of amides is 3. The minimum Gasteiger partial charge on any atom is -0.346 e. The van der Waals surface area contributed by atoms with Crippen molar-refractivity contribution in [2.75, 3.05) is 6.54 Å². The lowest BCUT2D eigenvalue weighted by Gasteiger charge is -2.24. The minimum absolute atomic E-state index is 0.0388. The molecule has 4 heterocycles. The van der Waals surface area contributed by atoms with Gasteiger partial charge in [-0.25, -0.2) is 4.98 Å². The molecule has 0 unspecified atom stereocenters. The standard InChI is InChI=1S/C29H22N4O3S/c34-27(25-20(12-15-37-25)16-19-10-13-30-26-21(19)11-14-31-26)32-24(18-6-2-1-3-7-18)17-33-28(35)22-8-4-5-9-23(22)29(33)36/h1-15,24H,16-17H2,(H,30,31)(H,32,34)/t24-/m1/s1. The molecule has 1 aliphatic heterocycles. The second kappa shape index (κ2) is 9.48. The molecule has 0 saturated carbocycles. The Kier molecular flexibility index (Phi) is 5.86. The van der Waals surface area contributed by atoms with Gasteiger partial charge in [0.15, 0.2) is 0 Å². The number of aromatic amines is 1. The van der Waals surface area contributed by atoms with E-state index in [0.29, 0.717) is 22.4 Å². The molecule has 2 aromatic carbocycles. The van der Waals surface area contributed by atoms with Crippen molar-refractivity contribution in [3.8, 4) is 0 Å². The van der Waals surface area contributed by atoms with E-state index in [2.05, 4.69) is 15.3 Å². The number of hydrogen-bond acceptors (Lipinski definition) is 5. The molecule has 3 amide bonds. The SMILES string of the molecule is O=C(N[C@H](CN1C(=O)c2ccccc2C1=O)c1ccccc1)c1sccc1Cc1ccnc2[nH]ccc12. The number of H-pyrrole nitrogens is 1. The summed E-state index contributed by atoms with van der Waals surface area (Å²) in [5.41, 5.74) is 4.38. The van der Waals surface area contributed by atoms with Crippen LogP contribution >= 0.6 is 11.3 Å². The van der Waals surface area contributed by atoms with E-state index in [9.17, 15) is 14.4 Å². The predicted octanol–water partition coefficient (Wildman–Crippen LogP) is 4.98. The van der Waals surface area contributed by atoms with Crippen LogP contribution in [0.5, 0.6) is 0 Å². The van der Waals surface area contributed by atoms with Gasteiger partial charge < -0.3 is 10.3 Å². The Morgan fingerprint density at radius 1 is 0.919 bits per heavy atom. The van der Waals surface area contributed by atoms with E-state index in [1.165, 1.54) is 16.2 Å². The van der Waals surface area contributed by atoms with Crippen molar-refractivity contribution >= 4 is 40.1 Å². The molecule has 5 aromatic rings. The van der Waals surface area contributed by atoms with Crippen molar-refractivity contribution in [2.45, 2.75) is 12.5 Å². The van der Waals surface area contributed by atoms with Crippen LogP contribution in [0.25, 0.3) is 11.0 Å². The number of pyridine rings is 1. The van der Waals surface area contributed by atoms with Crippen molar-refractivity contribution < 1.29 is 14.4 Å². The molecule has 0 bridgehead atoms. The molecule has 0 saturated heterocycles. The van der Waals surface area contributed by atoms with Crippen LogP contribution in [0.3, 0.4) is 0 Å². The van der Waals surface area contributed by atoms with Crippen molar-refractivity contribution in [3.63, 3.8) is 0 Å². The Morgan fingerprint density at radius 2 is 1.65 bits per heavy atom. The molecule has 1 atom stereocenters. The molecule has 2 N–H and O–H groups in total. The molecule has 1 aliphatic rings. The predicted molar refractivity (Wildman–Crippen MR) is 142 cm³/mol. The van der Waals surface area contributed by atoms with Gasteiger partial charge in [0.25, 0.3) is 17.7 Å². The lowest BCUT2D eigenvalue weighted by atomic mass is 10.0.